The van der Waals surface area contributed by atoms with Crippen molar-refractivity contribution in [2.75, 3.05) is 0 Å². The Morgan fingerprint density at radius 3 is 1.46 bits per heavy atom. The van der Waals surface area contributed by atoms with Crippen LogP contribution in [0.4, 0.5) is 0 Å². The summed E-state index contributed by atoms with van der Waals surface area (Å²) < 4.78 is 0. The summed E-state index contributed by atoms with van der Waals surface area (Å²) in [4.78, 5) is 0. The molecule has 0 aromatic heterocycles. The summed E-state index contributed by atoms with van der Waals surface area (Å²) in [6, 6.07) is 0. The molecule has 0 aliphatic carbocycles. The van der Waals surface area contributed by atoms with Gasteiger partial charge in [-0.25, -0.2) is 0 Å². The zero-order valence-corrected chi connectivity index (χ0v) is 20.5. The van der Waals surface area contributed by atoms with Crippen LogP contribution in [0, 0.1) is 11.8 Å². The standard InChI is InChI=1S/C28H56/c1-5-8-10-12-14-16-17-18-20-22-24-26-28(27(4)7-3)25-23-21-19-15-13-11-9-6-2/h9,11,27-28H,5-8,10,12-26H2,1-4H3. The number of unbranched alkanes of at least 4 members (excludes halogenated alkanes) is 14. The maximum Gasteiger partial charge on any atom is -0.0351 e. The van der Waals surface area contributed by atoms with Crippen LogP contribution < -0.4 is 0 Å². The Bertz CT molecular complexity index is 303. The zero-order valence-electron chi connectivity index (χ0n) is 20.5. The highest BCUT2D eigenvalue weighted by Gasteiger charge is 2.14. The molecule has 0 fully saturated rings. The van der Waals surface area contributed by atoms with E-state index < -0.39 is 0 Å². The van der Waals surface area contributed by atoms with Crippen molar-refractivity contribution in [3.05, 3.63) is 12.2 Å². The minimum Gasteiger partial charge on any atom is -0.0888 e. The third-order valence-electron chi connectivity index (χ3n) is 6.73. The first-order chi connectivity index (χ1) is 13.8. The van der Waals surface area contributed by atoms with Crippen LogP contribution in [0.25, 0.3) is 0 Å². The van der Waals surface area contributed by atoms with Crippen LogP contribution in [0.2, 0.25) is 0 Å². The first-order valence-corrected chi connectivity index (χ1v) is 13.4. The maximum absolute atomic E-state index is 2.50. The fourth-order valence-corrected chi connectivity index (χ4v) is 4.42. The molecule has 0 saturated heterocycles. The second kappa shape index (κ2) is 23.0. The van der Waals surface area contributed by atoms with E-state index >= 15 is 0 Å². The third kappa shape index (κ3) is 19.1. The Morgan fingerprint density at radius 2 is 1.00 bits per heavy atom. The van der Waals surface area contributed by atoms with Crippen LogP contribution >= 0.6 is 0 Å². The van der Waals surface area contributed by atoms with Gasteiger partial charge in [0.1, 0.15) is 0 Å². The quantitative estimate of drug-likeness (QED) is 0.127. The smallest absolute Gasteiger partial charge is 0.0351 e. The van der Waals surface area contributed by atoms with Crippen molar-refractivity contribution in [1.82, 2.24) is 0 Å². The molecule has 0 aliphatic rings. The van der Waals surface area contributed by atoms with Crippen molar-refractivity contribution < 1.29 is 0 Å². The normalized spacial score (nSPS) is 14.0. The van der Waals surface area contributed by atoms with Crippen molar-refractivity contribution >= 4 is 0 Å². The van der Waals surface area contributed by atoms with E-state index in [1.54, 1.807) is 0 Å². The largest absolute Gasteiger partial charge is 0.0888 e. The highest BCUT2D eigenvalue weighted by molar-refractivity contribution is 4.79. The van der Waals surface area contributed by atoms with Crippen molar-refractivity contribution in [1.29, 1.82) is 0 Å². The number of rotatable bonds is 22. The van der Waals surface area contributed by atoms with E-state index in [1.807, 2.05) is 0 Å². The van der Waals surface area contributed by atoms with Crippen LogP contribution in [-0.2, 0) is 0 Å². The van der Waals surface area contributed by atoms with E-state index in [2.05, 4.69) is 39.8 Å². The molecule has 0 amide bonds. The Balaban J connectivity index is 3.61. The fourth-order valence-electron chi connectivity index (χ4n) is 4.42. The SMILES string of the molecule is CCC=CCCCCCCC(CCCCCCCCCCCCC)C(C)CC. The molecule has 0 rings (SSSR count). The van der Waals surface area contributed by atoms with Crippen molar-refractivity contribution in [2.24, 2.45) is 11.8 Å². The van der Waals surface area contributed by atoms with Gasteiger partial charge in [0.05, 0.1) is 0 Å². The van der Waals surface area contributed by atoms with Crippen molar-refractivity contribution in [2.45, 2.75) is 156 Å². The monoisotopic (exact) mass is 392 g/mol. The third-order valence-corrected chi connectivity index (χ3v) is 6.73. The van der Waals surface area contributed by atoms with Gasteiger partial charge < -0.3 is 0 Å². The molecule has 0 spiro atoms. The summed E-state index contributed by atoms with van der Waals surface area (Å²) in [5, 5.41) is 0. The Kier molecular flexibility index (Phi) is 22.8. The van der Waals surface area contributed by atoms with Crippen LogP contribution in [0.15, 0.2) is 12.2 Å². The van der Waals surface area contributed by atoms with Gasteiger partial charge in [0.25, 0.3) is 0 Å². The van der Waals surface area contributed by atoms with Gasteiger partial charge >= 0.3 is 0 Å². The molecule has 2 atom stereocenters. The highest BCUT2D eigenvalue weighted by Crippen LogP contribution is 2.27. The molecular weight excluding hydrogens is 336 g/mol. The minimum absolute atomic E-state index is 0.926. The predicted molar refractivity (Wildman–Crippen MR) is 131 cm³/mol. The van der Waals surface area contributed by atoms with Crippen molar-refractivity contribution in [3.8, 4) is 0 Å². The lowest BCUT2D eigenvalue weighted by atomic mass is 9.83. The molecule has 0 nitrogen and oxygen atoms in total. The predicted octanol–water partition coefficient (Wildman–Crippen LogP) is 10.7. The molecule has 0 aliphatic heterocycles. The van der Waals surface area contributed by atoms with Crippen LogP contribution in [0.5, 0.6) is 0 Å². The molecule has 28 heavy (non-hydrogen) atoms. The lowest BCUT2D eigenvalue weighted by Gasteiger charge is -2.23. The first-order valence-electron chi connectivity index (χ1n) is 13.4. The van der Waals surface area contributed by atoms with Gasteiger partial charge in [-0.05, 0) is 31.1 Å². The molecule has 168 valence electrons. The Labute approximate surface area is 180 Å². The zero-order chi connectivity index (χ0) is 20.7. The van der Waals surface area contributed by atoms with Gasteiger partial charge in [-0.2, -0.15) is 0 Å². The second-order valence-electron chi connectivity index (χ2n) is 9.34. The molecule has 0 N–H and O–H groups in total. The average Bonchev–Trinajstić information content (AvgIpc) is 2.71. The van der Waals surface area contributed by atoms with Gasteiger partial charge in [0.15, 0.2) is 0 Å². The van der Waals surface area contributed by atoms with E-state index in [0.717, 1.165) is 11.8 Å². The summed E-state index contributed by atoms with van der Waals surface area (Å²) in [7, 11) is 0. The minimum atomic E-state index is 0.926. The van der Waals surface area contributed by atoms with E-state index in [-0.39, 0.29) is 0 Å². The lowest BCUT2D eigenvalue weighted by molar-refractivity contribution is 0.288. The highest BCUT2D eigenvalue weighted by atomic mass is 14.2. The molecule has 0 heterocycles. The Morgan fingerprint density at radius 1 is 0.536 bits per heavy atom. The summed E-state index contributed by atoms with van der Waals surface area (Å²) in [6.07, 6.45) is 33.3. The fraction of sp³-hybridized carbons (Fsp3) is 0.929. The molecule has 0 aromatic carbocycles. The average molecular weight is 393 g/mol. The van der Waals surface area contributed by atoms with E-state index in [1.165, 1.54) is 128 Å². The van der Waals surface area contributed by atoms with E-state index in [0.29, 0.717) is 0 Å². The van der Waals surface area contributed by atoms with Crippen LogP contribution in [0.3, 0.4) is 0 Å². The lowest BCUT2D eigenvalue weighted by Crippen LogP contribution is -2.11. The molecule has 2 unspecified atom stereocenters. The first kappa shape index (κ1) is 27.7. The van der Waals surface area contributed by atoms with Gasteiger partial charge in [-0.1, -0.05) is 149 Å². The summed E-state index contributed by atoms with van der Waals surface area (Å²) in [5.41, 5.74) is 0. The van der Waals surface area contributed by atoms with Gasteiger partial charge in [0, 0.05) is 0 Å². The molecular formula is C28H56. The Hall–Kier alpha value is -0.260. The van der Waals surface area contributed by atoms with Crippen molar-refractivity contribution in [3.63, 3.8) is 0 Å². The van der Waals surface area contributed by atoms with Gasteiger partial charge in [0.2, 0.25) is 0 Å². The topological polar surface area (TPSA) is 0 Å². The number of hydrogen-bond donors (Lipinski definition) is 0. The second-order valence-corrected chi connectivity index (χ2v) is 9.34. The van der Waals surface area contributed by atoms with E-state index in [4.69, 9.17) is 0 Å². The van der Waals surface area contributed by atoms with E-state index in [9.17, 15) is 0 Å². The summed E-state index contributed by atoms with van der Waals surface area (Å²) >= 11 is 0. The van der Waals surface area contributed by atoms with Crippen LogP contribution in [-0.4, -0.2) is 0 Å². The molecule has 0 radical (unpaired) electrons. The van der Waals surface area contributed by atoms with Gasteiger partial charge in [-0.15, -0.1) is 0 Å². The number of allylic oxidation sites excluding steroid dienone is 2. The molecule has 0 aromatic rings. The molecule has 0 bridgehead atoms. The molecule has 0 saturated carbocycles. The number of hydrogen-bond acceptors (Lipinski definition) is 0. The maximum atomic E-state index is 2.50. The summed E-state index contributed by atoms with van der Waals surface area (Å²) in [6.45, 7) is 9.41. The van der Waals surface area contributed by atoms with Crippen LogP contribution in [0.1, 0.15) is 156 Å². The molecule has 0 heteroatoms. The van der Waals surface area contributed by atoms with Gasteiger partial charge in [-0.3, -0.25) is 0 Å². The summed E-state index contributed by atoms with van der Waals surface area (Å²) in [5.74, 6) is 1.92.